The molecule has 2 amide bonds. The second-order valence-electron chi connectivity index (χ2n) is 6.84. The fourth-order valence-corrected chi connectivity index (χ4v) is 3.54. The Morgan fingerprint density at radius 3 is 2.69 bits per heavy atom. The summed E-state index contributed by atoms with van der Waals surface area (Å²) in [5, 5.41) is 6.02. The highest BCUT2D eigenvalue weighted by Gasteiger charge is 2.34. The number of rotatable bonds is 3. The zero-order valence-corrected chi connectivity index (χ0v) is 15.9. The Balaban J connectivity index is 1.43. The van der Waals surface area contributed by atoms with E-state index in [1.54, 1.807) is 17.2 Å². The maximum Gasteiger partial charge on any atom is 0.323 e. The van der Waals surface area contributed by atoms with Crippen molar-refractivity contribution in [2.24, 2.45) is 0 Å². The third kappa shape index (κ3) is 4.24. The van der Waals surface area contributed by atoms with E-state index in [9.17, 15) is 18.0 Å². The number of nitrogens with one attached hydrogen (secondary N) is 3. The Labute approximate surface area is 169 Å². The van der Waals surface area contributed by atoms with E-state index in [0.29, 0.717) is 28.1 Å². The number of nitrogens with zero attached hydrogens (tertiary/aromatic N) is 2. The van der Waals surface area contributed by atoms with Crippen LogP contribution in [-0.4, -0.2) is 35.0 Å². The number of benzene rings is 1. The average molecular weight is 424 g/mol. The fourth-order valence-electron chi connectivity index (χ4n) is 3.26. The standard InChI is InChI=1S/C19H17ClF3N5O/c20-14-8-12(9-25-17(14)28-5-3-19(22,23)4-6-28)26-18(29)27-16-10-24-15-2-1-11(21)7-13(15)16/h1-2,7-10,24H,3-6H2,(H2,26,27,29). The second kappa shape index (κ2) is 7.47. The smallest absolute Gasteiger partial charge is 0.323 e. The van der Waals surface area contributed by atoms with Gasteiger partial charge in [-0.3, -0.25) is 0 Å². The number of alkyl halides is 2. The van der Waals surface area contributed by atoms with Crippen LogP contribution in [0.3, 0.4) is 0 Å². The minimum Gasteiger partial charge on any atom is -0.359 e. The largest absolute Gasteiger partial charge is 0.359 e. The number of hydrogen-bond donors (Lipinski definition) is 3. The Bertz CT molecular complexity index is 1060. The van der Waals surface area contributed by atoms with Gasteiger partial charge in [0.25, 0.3) is 5.92 Å². The van der Waals surface area contributed by atoms with Crippen LogP contribution in [0.15, 0.2) is 36.7 Å². The summed E-state index contributed by atoms with van der Waals surface area (Å²) in [6.45, 7) is 0.314. The predicted octanol–water partition coefficient (Wildman–Crippen LogP) is 5.23. The van der Waals surface area contributed by atoms with Gasteiger partial charge in [-0.15, -0.1) is 0 Å². The van der Waals surface area contributed by atoms with Crippen LogP contribution in [0.25, 0.3) is 10.9 Å². The van der Waals surface area contributed by atoms with E-state index in [1.807, 2.05) is 0 Å². The highest BCUT2D eigenvalue weighted by molar-refractivity contribution is 6.33. The first kappa shape index (κ1) is 19.4. The topological polar surface area (TPSA) is 73.1 Å². The lowest BCUT2D eigenvalue weighted by atomic mass is 10.1. The summed E-state index contributed by atoms with van der Waals surface area (Å²) in [6, 6.07) is 5.16. The summed E-state index contributed by atoms with van der Waals surface area (Å²) in [5.74, 6) is -2.67. The molecule has 4 rings (SSSR count). The molecule has 0 saturated carbocycles. The molecule has 1 fully saturated rings. The van der Waals surface area contributed by atoms with Gasteiger partial charge in [-0.2, -0.15) is 0 Å². The fraction of sp³-hybridized carbons (Fsp3) is 0.263. The highest BCUT2D eigenvalue weighted by Crippen LogP contribution is 2.33. The molecule has 3 aromatic rings. The van der Waals surface area contributed by atoms with Crippen molar-refractivity contribution < 1.29 is 18.0 Å². The summed E-state index contributed by atoms with van der Waals surface area (Å²) in [4.78, 5) is 21.1. The van der Waals surface area contributed by atoms with Crippen molar-refractivity contribution in [3.8, 4) is 0 Å². The maximum atomic E-state index is 13.4. The van der Waals surface area contributed by atoms with Crippen LogP contribution in [0.2, 0.25) is 5.02 Å². The monoisotopic (exact) mass is 423 g/mol. The molecule has 0 bridgehead atoms. The van der Waals surface area contributed by atoms with Gasteiger partial charge in [0.2, 0.25) is 0 Å². The third-order valence-corrected chi connectivity index (χ3v) is 5.04. The van der Waals surface area contributed by atoms with Gasteiger partial charge in [0.05, 0.1) is 22.6 Å². The molecule has 0 spiro atoms. The lowest BCUT2D eigenvalue weighted by molar-refractivity contribution is -0.0221. The van der Waals surface area contributed by atoms with E-state index in [0.717, 1.165) is 0 Å². The summed E-state index contributed by atoms with van der Waals surface area (Å²) in [6.07, 6.45) is 2.46. The van der Waals surface area contributed by atoms with Crippen LogP contribution < -0.4 is 15.5 Å². The molecule has 0 unspecified atom stereocenters. The minimum absolute atomic E-state index is 0.157. The molecule has 1 aliphatic rings. The zero-order chi connectivity index (χ0) is 20.6. The van der Waals surface area contributed by atoms with E-state index in [-0.39, 0.29) is 31.0 Å². The van der Waals surface area contributed by atoms with Crippen LogP contribution in [-0.2, 0) is 0 Å². The average Bonchev–Trinajstić information content (AvgIpc) is 3.04. The molecule has 1 saturated heterocycles. The molecule has 0 atom stereocenters. The van der Waals surface area contributed by atoms with Crippen LogP contribution in [0.4, 0.5) is 35.2 Å². The van der Waals surface area contributed by atoms with E-state index >= 15 is 0 Å². The van der Waals surface area contributed by atoms with Gasteiger partial charge in [0.15, 0.2) is 0 Å². The number of aromatic amines is 1. The number of carbonyl (C=O) groups is 1. The maximum absolute atomic E-state index is 13.4. The molecule has 1 aliphatic heterocycles. The normalized spacial score (nSPS) is 16.1. The summed E-state index contributed by atoms with van der Waals surface area (Å²) < 4.78 is 40.1. The third-order valence-electron chi connectivity index (χ3n) is 4.77. The number of amides is 2. The highest BCUT2D eigenvalue weighted by atomic mass is 35.5. The van der Waals surface area contributed by atoms with Crippen LogP contribution in [0.1, 0.15) is 12.8 Å². The number of piperidine rings is 1. The molecule has 0 aliphatic carbocycles. The SMILES string of the molecule is O=C(Nc1cnc(N2CCC(F)(F)CC2)c(Cl)c1)Nc1c[nH]c2ccc(F)cc12. The molecule has 6 nitrogen and oxygen atoms in total. The van der Waals surface area contributed by atoms with Crippen molar-refractivity contribution in [2.45, 2.75) is 18.8 Å². The molecule has 1 aromatic carbocycles. The number of fused-ring (bicyclic) bond motifs is 1. The summed E-state index contributed by atoms with van der Waals surface area (Å²) in [5.41, 5.74) is 1.44. The molecule has 3 N–H and O–H groups in total. The van der Waals surface area contributed by atoms with Gasteiger partial charge in [-0.1, -0.05) is 11.6 Å². The second-order valence-corrected chi connectivity index (χ2v) is 7.25. The van der Waals surface area contributed by atoms with Gasteiger partial charge in [-0.25, -0.2) is 22.9 Å². The van der Waals surface area contributed by atoms with Crippen LogP contribution >= 0.6 is 11.6 Å². The van der Waals surface area contributed by atoms with Gasteiger partial charge in [-0.05, 0) is 24.3 Å². The Morgan fingerprint density at radius 2 is 1.97 bits per heavy atom. The minimum atomic E-state index is -2.66. The molecule has 10 heteroatoms. The molecule has 3 heterocycles. The first-order chi connectivity index (χ1) is 13.8. The van der Waals surface area contributed by atoms with Gasteiger partial charge < -0.3 is 20.5 Å². The van der Waals surface area contributed by atoms with Crippen molar-refractivity contribution in [3.63, 3.8) is 0 Å². The molecule has 152 valence electrons. The Hall–Kier alpha value is -2.94. The number of pyridine rings is 1. The summed E-state index contributed by atoms with van der Waals surface area (Å²) in [7, 11) is 0. The van der Waals surface area contributed by atoms with E-state index in [1.165, 1.54) is 24.4 Å². The van der Waals surface area contributed by atoms with Crippen molar-refractivity contribution in [1.29, 1.82) is 0 Å². The van der Waals surface area contributed by atoms with Crippen molar-refractivity contribution in [1.82, 2.24) is 9.97 Å². The molecule has 29 heavy (non-hydrogen) atoms. The lowest BCUT2D eigenvalue weighted by Crippen LogP contribution is -2.39. The van der Waals surface area contributed by atoms with E-state index in [2.05, 4.69) is 20.6 Å². The lowest BCUT2D eigenvalue weighted by Gasteiger charge is -2.33. The molecular weight excluding hydrogens is 407 g/mol. The Kier molecular flexibility index (Phi) is 4.99. The van der Waals surface area contributed by atoms with Crippen molar-refractivity contribution in [2.75, 3.05) is 28.6 Å². The van der Waals surface area contributed by atoms with Crippen molar-refractivity contribution in [3.05, 3.63) is 47.5 Å². The van der Waals surface area contributed by atoms with Gasteiger partial charge in [0, 0.05) is 43.0 Å². The van der Waals surface area contributed by atoms with Crippen LogP contribution in [0, 0.1) is 5.82 Å². The van der Waals surface area contributed by atoms with Gasteiger partial charge in [0.1, 0.15) is 11.6 Å². The molecular formula is C19H17ClF3N5O. The first-order valence-electron chi connectivity index (χ1n) is 8.94. The number of H-pyrrole nitrogens is 1. The number of aromatic nitrogens is 2. The number of hydrogen-bond acceptors (Lipinski definition) is 3. The van der Waals surface area contributed by atoms with Crippen molar-refractivity contribution >= 4 is 45.7 Å². The predicted molar refractivity (Wildman–Crippen MR) is 107 cm³/mol. The summed E-state index contributed by atoms with van der Waals surface area (Å²) >= 11 is 6.25. The number of anilines is 3. The number of carbonyl (C=O) groups excluding carboxylic acids is 1. The number of halogens is 4. The first-order valence-corrected chi connectivity index (χ1v) is 9.31. The van der Waals surface area contributed by atoms with E-state index < -0.39 is 17.8 Å². The van der Waals surface area contributed by atoms with E-state index in [4.69, 9.17) is 11.6 Å². The Morgan fingerprint density at radius 1 is 1.21 bits per heavy atom. The molecule has 2 aromatic heterocycles. The van der Waals surface area contributed by atoms with Gasteiger partial charge >= 0.3 is 6.03 Å². The quantitative estimate of drug-likeness (QED) is 0.539. The zero-order valence-electron chi connectivity index (χ0n) is 15.1. The number of urea groups is 1. The molecule has 0 radical (unpaired) electrons. The van der Waals surface area contributed by atoms with Crippen LogP contribution in [0.5, 0.6) is 0 Å².